The first-order chi connectivity index (χ1) is 10.4. The highest BCUT2D eigenvalue weighted by Gasteiger charge is 2.22. The topological polar surface area (TPSA) is 41.9 Å². The Bertz CT molecular complexity index is 771. The molecule has 3 aromatic rings. The number of anilines is 2. The van der Waals surface area contributed by atoms with Gasteiger partial charge in [0.2, 0.25) is 5.95 Å². The van der Waals surface area contributed by atoms with Crippen molar-refractivity contribution in [2.75, 3.05) is 11.4 Å². The Morgan fingerprint density at radius 1 is 0.810 bits per heavy atom. The van der Waals surface area contributed by atoms with Crippen LogP contribution in [0.2, 0.25) is 0 Å². The van der Waals surface area contributed by atoms with E-state index in [1.54, 1.807) is 12.4 Å². The lowest BCUT2D eigenvalue weighted by atomic mass is 10.2. The number of fused-ring (bicyclic) bond motifs is 1. The van der Waals surface area contributed by atoms with Crippen molar-refractivity contribution in [3.63, 3.8) is 0 Å². The van der Waals surface area contributed by atoms with E-state index in [2.05, 4.69) is 44.1 Å². The summed E-state index contributed by atoms with van der Waals surface area (Å²) in [6.45, 7) is 0.922. The maximum absolute atomic E-state index is 4.68. The lowest BCUT2D eigenvalue weighted by Gasteiger charge is -2.17. The quantitative estimate of drug-likeness (QED) is 0.719. The minimum Gasteiger partial charge on any atom is -0.310 e. The molecule has 3 heterocycles. The molecule has 0 amide bonds. The third-order valence-corrected chi connectivity index (χ3v) is 3.70. The van der Waals surface area contributed by atoms with Crippen molar-refractivity contribution in [1.82, 2.24) is 15.0 Å². The van der Waals surface area contributed by atoms with E-state index < -0.39 is 0 Å². The van der Waals surface area contributed by atoms with Crippen molar-refractivity contribution in [2.45, 2.75) is 6.42 Å². The van der Waals surface area contributed by atoms with Crippen LogP contribution in [0.15, 0.2) is 60.9 Å². The third kappa shape index (κ3) is 2.14. The summed E-state index contributed by atoms with van der Waals surface area (Å²) >= 11 is 0. The SMILES string of the molecule is c1ccc(-c2ccnc(N3CCc4ccccc43)n2)nc1. The number of rotatable bonds is 2. The van der Waals surface area contributed by atoms with E-state index >= 15 is 0 Å². The molecule has 4 heteroatoms. The Balaban J connectivity index is 1.75. The molecule has 0 saturated carbocycles. The fourth-order valence-electron chi connectivity index (χ4n) is 2.68. The van der Waals surface area contributed by atoms with Gasteiger partial charge in [0.05, 0.1) is 11.4 Å². The lowest BCUT2D eigenvalue weighted by molar-refractivity contribution is 0.940. The van der Waals surface area contributed by atoms with Crippen molar-refractivity contribution >= 4 is 11.6 Å². The second kappa shape index (κ2) is 4.98. The number of para-hydroxylation sites is 1. The van der Waals surface area contributed by atoms with Crippen LogP contribution in [-0.2, 0) is 6.42 Å². The van der Waals surface area contributed by atoms with Gasteiger partial charge in [-0.3, -0.25) is 4.98 Å². The Labute approximate surface area is 123 Å². The Hall–Kier alpha value is -2.75. The van der Waals surface area contributed by atoms with E-state index in [4.69, 9.17) is 0 Å². The third-order valence-electron chi connectivity index (χ3n) is 3.70. The molecule has 102 valence electrons. The predicted octanol–water partition coefficient (Wildman–Crippen LogP) is 3.23. The van der Waals surface area contributed by atoms with Crippen LogP contribution in [0.1, 0.15) is 5.56 Å². The van der Waals surface area contributed by atoms with Crippen LogP contribution in [0.4, 0.5) is 11.6 Å². The first-order valence-corrected chi connectivity index (χ1v) is 7.02. The molecule has 4 rings (SSSR count). The monoisotopic (exact) mass is 274 g/mol. The van der Waals surface area contributed by atoms with Crippen molar-refractivity contribution in [3.8, 4) is 11.4 Å². The minimum absolute atomic E-state index is 0.739. The molecule has 1 aromatic carbocycles. The molecule has 0 radical (unpaired) electrons. The van der Waals surface area contributed by atoms with Crippen LogP contribution in [0.25, 0.3) is 11.4 Å². The molecule has 0 spiro atoms. The molecule has 1 aliphatic heterocycles. The fourth-order valence-corrected chi connectivity index (χ4v) is 2.68. The zero-order valence-electron chi connectivity index (χ0n) is 11.5. The average Bonchev–Trinajstić information content (AvgIpc) is 3.00. The highest BCUT2D eigenvalue weighted by atomic mass is 15.3. The molecule has 0 unspecified atom stereocenters. The molecular weight excluding hydrogens is 260 g/mol. The number of pyridine rings is 1. The van der Waals surface area contributed by atoms with Gasteiger partial charge in [-0.1, -0.05) is 24.3 Å². The average molecular weight is 274 g/mol. The first-order valence-electron chi connectivity index (χ1n) is 7.02. The van der Waals surface area contributed by atoms with Gasteiger partial charge in [-0.25, -0.2) is 9.97 Å². The van der Waals surface area contributed by atoms with E-state index in [0.29, 0.717) is 0 Å². The summed E-state index contributed by atoms with van der Waals surface area (Å²) < 4.78 is 0. The summed E-state index contributed by atoms with van der Waals surface area (Å²) in [6, 6.07) is 16.2. The zero-order valence-corrected chi connectivity index (χ0v) is 11.5. The summed E-state index contributed by atoms with van der Waals surface area (Å²) in [5.74, 6) is 0.739. The predicted molar refractivity (Wildman–Crippen MR) is 82.4 cm³/mol. The molecule has 0 fully saturated rings. The molecule has 1 aliphatic rings. The molecule has 0 aliphatic carbocycles. The Morgan fingerprint density at radius 2 is 1.71 bits per heavy atom. The standard InChI is InChI=1S/C17H14N4/c1-2-7-16-13(5-1)9-12-21(16)17-19-11-8-15(20-17)14-6-3-4-10-18-14/h1-8,10-11H,9,12H2. The summed E-state index contributed by atoms with van der Waals surface area (Å²) in [5, 5.41) is 0. The number of nitrogens with zero attached hydrogens (tertiary/aromatic N) is 4. The van der Waals surface area contributed by atoms with E-state index in [-0.39, 0.29) is 0 Å². The van der Waals surface area contributed by atoms with Crippen LogP contribution in [0, 0.1) is 0 Å². The van der Waals surface area contributed by atoms with Crippen molar-refractivity contribution < 1.29 is 0 Å². The maximum Gasteiger partial charge on any atom is 0.230 e. The van der Waals surface area contributed by atoms with Crippen LogP contribution in [0.3, 0.4) is 0 Å². The van der Waals surface area contributed by atoms with Crippen LogP contribution < -0.4 is 4.90 Å². The number of hydrogen-bond donors (Lipinski definition) is 0. The Morgan fingerprint density at radius 3 is 2.62 bits per heavy atom. The van der Waals surface area contributed by atoms with Crippen LogP contribution >= 0.6 is 0 Å². The minimum atomic E-state index is 0.739. The van der Waals surface area contributed by atoms with Gasteiger partial charge < -0.3 is 4.90 Å². The largest absolute Gasteiger partial charge is 0.310 e. The van der Waals surface area contributed by atoms with E-state index in [0.717, 1.165) is 30.3 Å². The fraction of sp³-hybridized carbons (Fsp3) is 0.118. The second-order valence-electron chi connectivity index (χ2n) is 4.99. The van der Waals surface area contributed by atoms with Crippen molar-refractivity contribution in [3.05, 3.63) is 66.5 Å². The first kappa shape index (κ1) is 12.0. The summed E-state index contributed by atoms with van der Waals surface area (Å²) in [6.07, 6.45) is 4.61. The maximum atomic E-state index is 4.68. The van der Waals surface area contributed by atoms with Crippen LogP contribution in [-0.4, -0.2) is 21.5 Å². The van der Waals surface area contributed by atoms with E-state index in [1.807, 2.05) is 24.3 Å². The second-order valence-corrected chi connectivity index (χ2v) is 4.99. The molecule has 2 aromatic heterocycles. The highest BCUT2D eigenvalue weighted by Crippen LogP contribution is 2.32. The van der Waals surface area contributed by atoms with Gasteiger partial charge in [-0.05, 0) is 36.2 Å². The summed E-state index contributed by atoms with van der Waals surface area (Å²) in [4.78, 5) is 15.6. The summed E-state index contributed by atoms with van der Waals surface area (Å²) in [5.41, 5.74) is 4.28. The molecule has 21 heavy (non-hydrogen) atoms. The van der Waals surface area contributed by atoms with Gasteiger partial charge >= 0.3 is 0 Å². The molecule has 4 nitrogen and oxygen atoms in total. The van der Waals surface area contributed by atoms with Gasteiger partial charge in [-0.2, -0.15) is 0 Å². The van der Waals surface area contributed by atoms with Crippen LogP contribution in [0.5, 0.6) is 0 Å². The van der Waals surface area contributed by atoms with Crippen molar-refractivity contribution in [1.29, 1.82) is 0 Å². The van der Waals surface area contributed by atoms with Gasteiger partial charge in [-0.15, -0.1) is 0 Å². The lowest BCUT2D eigenvalue weighted by Crippen LogP contribution is -2.16. The molecular formula is C17H14N4. The molecule has 0 bridgehead atoms. The molecule has 0 atom stereocenters. The number of benzene rings is 1. The van der Waals surface area contributed by atoms with Crippen molar-refractivity contribution in [2.24, 2.45) is 0 Å². The highest BCUT2D eigenvalue weighted by molar-refractivity contribution is 5.67. The molecule has 0 N–H and O–H groups in total. The van der Waals surface area contributed by atoms with E-state index in [9.17, 15) is 0 Å². The zero-order chi connectivity index (χ0) is 14.1. The molecule has 0 saturated heterocycles. The van der Waals surface area contributed by atoms with E-state index in [1.165, 1.54) is 11.3 Å². The smallest absolute Gasteiger partial charge is 0.230 e. The van der Waals surface area contributed by atoms with Gasteiger partial charge in [0.25, 0.3) is 0 Å². The van der Waals surface area contributed by atoms with Gasteiger partial charge in [0, 0.05) is 24.6 Å². The normalized spacial score (nSPS) is 13.2. The number of aromatic nitrogens is 3. The summed E-state index contributed by atoms with van der Waals surface area (Å²) in [7, 11) is 0. The number of hydrogen-bond acceptors (Lipinski definition) is 4. The Kier molecular flexibility index (Phi) is 2.85. The van der Waals surface area contributed by atoms with Gasteiger partial charge in [0.15, 0.2) is 0 Å². The van der Waals surface area contributed by atoms with Gasteiger partial charge in [0.1, 0.15) is 0 Å².